The molecule has 2 N–H and O–H groups in total. The molecule has 1 saturated heterocycles. The molecule has 1 fully saturated rings. The van der Waals surface area contributed by atoms with Crippen molar-refractivity contribution >= 4 is 11.3 Å². The molecule has 0 spiro atoms. The van der Waals surface area contributed by atoms with Crippen molar-refractivity contribution in [2.24, 2.45) is 0 Å². The Morgan fingerprint density at radius 1 is 1.53 bits per heavy atom. The maximum atomic E-state index is 4.43. The van der Waals surface area contributed by atoms with Gasteiger partial charge in [-0.2, -0.15) is 0 Å². The van der Waals surface area contributed by atoms with Crippen molar-refractivity contribution in [3.05, 3.63) is 16.1 Å². The molecule has 0 saturated carbocycles. The van der Waals surface area contributed by atoms with Crippen LogP contribution in [0.4, 0.5) is 0 Å². The summed E-state index contributed by atoms with van der Waals surface area (Å²) in [5.74, 6) is 0. The molecule has 1 aromatic heterocycles. The quantitative estimate of drug-likeness (QED) is 0.845. The van der Waals surface area contributed by atoms with E-state index in [1.54, 1.807) is 0 Å². The first kappa shape index (κ1) is 13.0. The van der Waals surface area contributed by atoms with E-state index < -0.39 is 0 Å². The smallest absolute Gasteiger partial charge is 0.107 e. The Hall–Kier alpha value is -0.450. The second-order valence-corrected chi connectivity index (χ2v) is 6.32. The molecule has 0 amide bonds. The molecule has 17 heavy (non-hydrogen) atoms. The fourth-order valence-electron chi connectivity index (χ4n) is 2.31. The lowest BCUT2D eigenvalue weighted by molar-refractivity contribution is 0.267. The van der Waals surface area contributed by atoms with E-state index >= 15 is 0 Å². The maximum absolute atomic E-state index is 4.43. The van der Waals surface area contributed by atoms with E-state index in [2.05, 4.69) is 29.5 Å². The van der Waals surface area contributed by atoms with E-state index in [1.807, 2.05) is 17.5 Å². The Balaban J connectivity index is 1.74. The van der Waals surface area contributed by atoms with Crippen LogP contribution in [0.1, 0.15) is 43.0 Å². The van der Waals surface area contributed by atoms with Gasteiger partial charge in [0.15, 0.2) is 0 Å². The summed E-state index contributed by atoms with van der Waals surface area (Å²) >= 11 is 1.82. The molecule has 2 rings (SSSR count). The summed E-state index contributed by atoms with van der Waals surface area (Å²) in [6, 6.07) is 0. The van der Waals surface area contributed by atoms with Crippen molar-refractivity contribution < 1.29 is 0 Å². The number of nitrogens with zero attached hydrogens (tertiary/aromatic N) is 1. The first-order chi connectivity index (χ1) is 8.22. The standard InChI is InChI=1S/C13H23N3S/c1-3-11-8-15-12(17-11)9-14-10-13(2)6-4-5-7-16-13/h8,14,16H,3-7,9-10H2,1-2H3. The predicted octanol–water partition coefficient (Wildman–Crippen LogP) is 2.33. The van der Waals surface area contributed by atoms with Crippen LogP contribution in [0.2, 0.25) is 0 Å². The number of nitrogens with one attached hydrogen (secondary N) is 2. The molecule has 3 nitrogen and oxygen atoms in total. The number of piperidine rings is 1. The van der Waals surface area contributed by atoms with Gasteiger partial charge in [0.05, 0.1) is 0 Å². The molecule has 1 aliphatic heterocycles. The highest BCUT2D eigenvalue weighted by Crippen LogP contribution is 2.18. The van der Waals surface area contributed by atoms with Gasteiger partial charge in [-0.3, -0.25) is 0 Å². The summed E-state index contributed by atoms with van der Waals surface area (Å²) in [6.07, 6.45) is 7.04. The highest BCUT2D eigenvalue weighted by Gasteiger charge is 2.25. The molecular formula is C13H23N3S. The summed E-state index contributed by atoms with van der Waals surface area (Å²) in [4.78, 5) is 5.81. The first-order valence-electron chi connectivity index (χ1n) is 6.61. The summed E-state index contributed by atoms with van der Waals surface area (Å²) in [5.41, 5.74) is 0.281. The minimum atomic E-state index is 0.281. The van der Waals surface area contributed by atoms with Gasteiger partial charge in [-0.25, -0.2) is 4.98 Å². The summed E-state index contributed by atoms with van der Waals surface area (Å²) in [6.45, 7) is 7.60. The normalized spacial score (nSPS) is 25.1. The zero-order valence-corrected chi connectivity index (χ0v) is 11.7. The van der Waals surface area contributed by atoms with Gasteiger partial charge in [-0.05, 0) is 32.7 Å². The summed E-state index contributed by atoms with van der Waals surface area (Å²) in [5, 5.41) is 8.36. The Morgan fingerprint density at radius 3 is 3.06 bits per heavy atom. The molecule has 1 atom stereocenters. The Labute approximate surface area is 108 Å². The Morgan fingerprint density at radius 2 is 2.41 bits per heavy atom. The van der Waals surface area contributed by atoms with E-state index in [1.165, 1.54) is 29.1 Å². The number of aromatic nitrogens is 1. The lowest BCUT2D eigenvalue weighted by atomic mass is 9.91. The molecule has 4 heteroatoms. The van der Waals surface area contributed by atoms with Crippen LogP contribution in [0.3, 0.4) is 0 Å². The van der Waals surface area contributed by atoms with Crippen LogP contribution in [0, 0.1) is 0 Å². The topological polar surface area (TPSA) is 37.0 Å². The van der Waals surface area contributed by atoms with Crippen molar-refractivity contribution in [1.29, 1.82) is 0 Å². The molecule has 0 bridgehead atoms. The molecule has 0 radical (unpaired) electrons. The van der Waals surface area contributed by atoms with Crippen LogP contribution < -0.4 is 10.6 Å². The minimum Gasteiger partial charge on any atom is -0.310 e. The van der Waals surface area contributed by atoms with E-state index in [-0.39, 0.29) is 5.54 Å². The SMILES string of the molecule is CCc1cnc(CNCC2(C)CCCCN2)s1. The third-order valence-electron chi connectivity index (χ3n) is 3.45. The van der Waals surface area contributed by atoms with Gasteiger partial charge in [0, 0.05) is 29.7 Å². The number of aryl methyl sites for hydroxylation is 1. The van der Waals surface area contributed by atoms with Crippen LogP contribution in [-0.4, -0.2) is 23.6 Å². The summed E-state index contributed by atoms with van der Waals surface area (Å²) in [7, 11) is 0. The van der Waals surface area contributed by atoms with Gasteiger partial charge in [-0.1, -0.05) is 13.3 Å². The molecule has 2 heterocycles. The lowest BCUT2D eigenvalue weighted by Crippen LogP contribution is -2.52. The van der Waals surface area contributed by atoms with E-state index in [4.69, 9.17) is 0 Å². The third-order valence-corrected chi connectivity index (χ3v) is 4.59. The van der Waals surface area contributed by atoms with Gasteiger partial charge in [0.25, 0.3) is 0 Å². The predicted molar refractivity (Wildman–Crippen MR) is 73.5 cm³/mol. The largest absolute Gasteiger partial charge is 0.310 e. The average molecular weight is 253 g/mol. The number of hydrogen-bond acceptors (Lipinski definition) is 4. The molecule has 1 unspecified atom stereocenters. The van der Waals surface area contributed by atoms with Crippen molar-refractivity contribution in [1.82, 2.24) is 15.6 Å². The highest BCUT2D eigenvalue weighted by atomic mass is 32.1. The highest BCUT2D eigenvalue weighted by molar-refractivity contribution is 7.11. The molecule has 0 aromatic carbocycles. The first-order valence-corrected chi connectivity index (χ1v) is 7.43. The van der Waals surface area contributed by atoms with Gasteiger partial charge >= 0.3 is 0 Å². The fraction of sp³-hybridized carbons (Fsp3) is 0.769. The van der Waals surface area contributed by atoms with Crippen molar-refractivity contribution in [3.63, 3.8) is 0 Å². The van der Waals surface area contributed by atoms with Crippen molar-refractivity contribution in [2.75, 3.05) is 13.1 Å². The zero-order chi connectivity index (χ0) is 12.1. The molecular weight excluding hydrogens is 230 g/mol. The van der Waals surface area contributed by atoms with Crippen LogP contribution in [-0.2, 0) is 13.0 Å². The lowest BCUT2D eigenvalue weighted by Gasteiger charge is -2.35. The minimum absolute atomic E-state index is 0.281. The Kier molecular flexibility index (Phi) is 4.54. The summed E-state index contributed by atoms with van der Waals surface area (Å²) < 4.78 is 0. The van der Waals surface area contributed by atoms with E-state index in [0.717, 1.165) is 26.1 Å². The van der Waals surface area contributed by atoms with Crippen LogP contribution in [0.5, 0.6) is 0 Å². The van der Waals surface area contributed by atoms with E-state index in [9.17, 15) is 0 Å². The van der Waals surface area contributed by atoms with Crippen molar-refractivity contribution in [3.8, 4) is 0 Å². The Bertz CT molecular complexity index is 342. The maximum Gasteiger partial charge on any atom is 0.107 e. The monoisotopic (exact) mass is 253 g/mol. The van der Waals surface area contributed by atoms with Crippen molar-refractivity contribution in [2.45, 2.75) is 51.6 Å². The zero-order valence-electron chi connectivity index (χ0n) is 10.9. The number of thiazole rings is 1. The fourth-order valence-corrected chi connectivity index (χ4v) is 3.14. The van der Waals surface area contributed by atoms with Gasteiger partial charge < -0.3 is 10.6 Å². The molecule has 1 aromatic rings. The second kappa shape index (κ2) is 5.94. The molecule has 96 valence electrons. The van der Waals surface area contributed by atoms with Crippen LogP contribution >= 0.6 is 11.3 Å². The third kappa shape index (κ3) is 3.76. The molecule has 1 aliphatic rings. The second-order valence-electron chi connectivity index (χ2n) is 5.12. The number of hydrogen-bond donors (Lipinski definition) is 2. The molecule has 0 aliphatic carbocycles. The number of rotatable bonds is 5. The van der Waals surface area contributed by atoms with Crippen LogP contribution in [0.25, 0.3) is 0 Å². The van der Waals surface area contributed by atoms with E-state index in [0.29, 0.717) is 0 Å². The van der Waals surface area contributed by atoms with Gasteiger partial charge in [0.2, 0.25) is 0 Å². The average Bonchev–Trinajstić information content (AvgIpc) is 2.78. The van der Waals surface area contributed by atoms with Crippen LogP contribution in [0.15, 0.2) is 6.20 Å². The van der Waals surface area contributed by atoms with Gasteiger partial charge in [-0.15, -0.1) is 11.3 Å². The van der Waals surface area contributed by atoms with Gasteiger partial charge in [0.1, 0.15) is 5.01 Å².